The third kappa shape index (κ3) is 7.66. The van der Waals surface area contributed by atoms with Gasteiger partial charge in [0.15, 0.2) is 17.3 Å². The Labute approximate surface area is 322 Å². The first-order chi connectivity index (χ1) is 26.3. The summed E-state index contributed by atoms with van der Waals surface area (Å²) in [5.74, 6) is 1.72. The van der Waals surface area contributed by atoms with E-state index in [1.165, 1.54) is 28.4 Å². The average molecular weight is 759 g/mol. The van der Waals surface area contributed by atoms with Crippen LogP contribution in [-0.4, -0.2) is 54.2 Å². The summed E-state index contributed by atoms with van der Waals surface area (Å²) in [5, 5.41) is 3.99. The van der Waals surface area contributed by atoms with Crippen LogP contribution in [-0.2, 0) is 0 Å². The van der Waals surface area contributed by atoms with Crippen molar-refractivity contribution in [3.8, 4) is 55.4 Å². The van der Waals surface area contributed by atoms with E-state index in [1.54, 1.807) is 85.4 Å². The summed E-state index contributed by atoms with van der Waals surface area (Å²) in [7, 11) is 9.16. The number of hydrogen-bond acceptors (Lipinski definition) is 10. The van der Waals surface area contributed by atoms with Crippen molar-refractivity contribution in [2.45, 2.75) is 0 Å². The minimum absolute atomic E-state index is 0.218. The van der Waals surface area contributed by atoms with Crippen molar-refractivity contribution in [3.05, 3.63) is 142 Å². The van der Waals surface area contributed by atoms with Gasteiger partial charge in [-0.15, -0.1) is 22.7 Å². The first kappa shape index (κ1) is 37.7. The summed E-state index contributed by atoms with van der Waals surface area (Å²) < 4.78 is 34.1. The van der Waals surface area contributed by atoms with Gasteiger partial charge < -0.3 is 28.4 Å². The van der Waals surface area contributed by atoms with Crippen molar-refractivity contribution in [2.24, 2.45) is 0 Å². The van der Waals surface area contributed by atoms with Gasteiger partial charge in [0.2, 0.25) is 5.78 Å². The molecular formula is C44H38O8S2. The number of thiophene rings is 2. The molecule has 2 aromatic heterocycles. The van der Waals surface area contributed by atoms with E-state index in [1.807, 2.05) is 71.4 Å². The number of hydrogen-bond donors (Lipinski definition) is 0. The van der Waals surface area contributed by atoms with Gasteiger partial charge in [-0.3, -0.25) is 9.59 Å². The lowest BCUT2D eigenvalue weighted by atomic mass is 9.90. The summed E-state index contributed by atoms with van der Waals surface area (Å²) in [5.41, 5.74) is 3.89. The topological polar surface area (TPSA) is 89.5 Å². The fourth-order valence-corrected chi connectivity index (χ4v) is 7.56. The molecule has 0 saturated carbocycles. The lowest BCUT2D eigenvalue weighted by Crippen LogP contribution is -2.09. The maximum absolute atomic E-state index is 15.0. The fraction of sp³-hybridized carbons (Fsp3) is 0.136. The van der Waals surface area contributed by atoms with Crippen LogP contribution in [0, 0.1) is 0 Å². The number of ether oxygens (including phenoxy) is 6. The summed E-state index contributed by atoms with van der Waals surface area (Å²) in [4.78, 5) is 31.8. The van der Waals surface area contributed by atoms with E-state index in [9.17, 15) is 9.59 Å². The molecule has 0 radical (unpaired) electrons. The van der Waals surface area contributed by atoms with E-state index in [-0.39, 0.29) is 22.5 Å². The summed E-state index contributed by atoms with van der Waals surface area (Å²) in [6.07, 6.45) is 3.30. The molecule has 2 heterocycles. The second-order valence-corrected chi connectivity index (χ2v) is 13.6. The molecule has 274 valence electrons. The zero-order valence-electron chi connectivity index (χ0n) is 30.6. The molecule has 4 aromatic carbocycles. The molecule has 10 heteroatoms. The standard InChI is InChI=1S/C44H38O8S2/c1-47-34-19-14-27(40-12-8-22-53-40)24-32(34)30(43(45)29-16-21-36(49-3)39(26-29)52-6)17-18-31(44(46)42-37(50-4)10-7-11-38(42)51-5)33-25-28(15-20-35(33)48-2)41-13-9-23-54-41/h7-26H,1-6H3. The molecule has 6 aromatic rings. The van der Waals surface area contributed by atoms with E-state index >= 15 is 0 Å². The second-order valence-electron chi connectivity index (χ2n) is 11.7. The molecular weight excluding hydrogens is 721 g/mol. The van der Waals surface area contributed by atoms with Crippen LogP contribution in [0.4, 0.5) is 0 Å². The van der Waals surface area contributed by atoms with E-state index in [0.717, 1.165) is 20.9 Å². The summed E-state index contributed by atoms with van der Waals surface area (Å²) in [6.45, 7) is 0. The first-order valence-electron chi connectivity index (χ1n) is 16.7. The Morgan fingerprint density at radius 2 is 0.926 bits per heavy atom. The van der Waals surface area contributed by atoms with Gasteiger partial charge in [-0.25, -0.2) is 0 Å². The third-order valence-corrected chi connectivity index (χ3v) is 10.6. The predicted molar refractivity (Wildman–Crippen MR) is 216 cm³/mol. The normalized spacial score (nSPS) is 11.5. The van der Waals surface area contributed by atoms with Crippen molar-refractivity contribution in [3.63, 3.8) is 0 Å². The number of Topliss-reactive ketones (excluding diaryl/α,β-unsaturated/α-hetero) is 2. The van der Waals surface area contributed by atoms with Crippen LogP contribution >= 0.6 is 22.7 Å². The van der Waals surface area contributed by atoms with Crippen LogP contribution in [0.2, 0.25) is 0 Å². The van der Waals surface area contributed by atoms with Gasteiger partial charge in [-0.1, -0.05) is 18.2 Å². The van der Waals surface area contributed by atoms with Gasteiger partial charge in [-0.2, -0.15) is 0 Å². The largest absolute Gasteiger partial charge is 0.496 e. The van der Waals surface area contributed by atoms with E-state index in [2.05, 4.69) is 0 Å². The zero-order valence-corrected chi connectivity index (χ0v) is 32.3. The van der Waals surface area contributed by atoms with Gasteiger partial charge in [0, 0.05) is 37.6 Å². The van der Waals surface area contributed by atoms with Crippen LogP contribution in [0.15, 0.2) is 120 Å². The number of benzene rings is 4. The molecule has 0 bridgehead atoms. The Morgan fingerprint density at radius 1 is 0.463 bits per heavy atom. The Hall–Kier alpha value is -6.10. The fourth-order valence-electron chi connectivity index (χ4n) is 6.11. The lowest BCUT2D eigenvalue weighted by Gasteiger charge is -2.17. The molecule has 0 unspecified atom stereocenters. The van der Waals surface area contributed by atoms with Crippen LogP contribution in [0.3, 0.4) is 0 Å². The first-order valence-corrected chi connectivity index (χ1v) is 18.5. The molecule has 0 saturated heterocycles. The molecule has 54 heavy (non-hydrogen) atoms. The highest BCUT2D eigenvalue weighted by atomic mass is 32.1. The Morgan fingerprint density at radius 3 is 1.37 bits per heavy atom. The minimum atomic E-state index is -0.403. The Bertz CT molecular complexity index is 2310. The molecule has 6 rings (SSSR count). The SMILES string of the molecule is COc1ccc(C(=O)C(=CC=C(C(=O)c2c(OC)cccc2OC)c2cc(-c3cccs3)ccc2OC)c2cc(-c3cccs3)ccc2OC)cc1OC. The zero-order chi connectivity index (χ0) is 38.2. The molecule has 0 atom stereocenters. The number of ketones is 2. The van der Waals surface area contributed by atoms with Crippen molar-refractivity contribution in [1.82, 2.24) is 0 Å². The van der Waals surface area contributed by atoms with E-state index < -0.39 is 5.78 Å². The van der Waals surface area contributed by atoms with E-state index in [0.29, 0.717) is 51.2 Å². The summed E-state index contributed by atoms with van der Waals surface area (Å²) >= 11 is 3.16. The minimum Gasteiger partial charge on any atom is -0.496 e. The van der Waals surface area contributed by atoms with Gasteiger partial charge >= 0.3 is 0 Å². The van der Waals surface area contributed by atoms with Crippen LogP contribution < -0.4 is 28.4 Å². The molecule has 0 aliphatic carbocycles. The van der Waals surface area contributed by atoms with Gasteiger partial charge in [0.1, 0.15) is 28.6 Å². The lowest BCUT2D eigenvalue weighted by molar-refractivity contribution is 0.104. The van der Waals surface area contributed by atoms with Crippen molar-refractivity contribution >= 4 is 45.4 Å². The maximum Gasteiger partial charge on any atom is 0.201 e. The highest BCUT2D eigenvalue weighted by molar-refractivity contribution is 7.13. The number of methoxy groups -OCH3 is 6. The molecule has 0 aliphatic rings. The molecule has 0 aliphatic heterocycles. The van der Waals surface area contributed by atoms with E-state index in [4.69, 9.17) is 28.4 Å². The molecule has 0 N–H and O–H groups in total. The molecule has 8 nitrogen and oxygen atoms in total. The average Bonchev–Trinajstić information content (AvgIpc) is 3.97. The second kappa shape index (κ2) is 17.2. The van der Waals surface area contributed by atoms with Crippen molar-refractivity contribution in [1.29, 1.82) is 0 Å². The van der Waals surface area contributed by atoms with Crippen molar-refractivity contribution in [2.75, 3.05) is 42.7 Å². The van der Waals surface area contributed by atoms with Gasteiger partial charge in [0.25, 0.3) is 0 Å². The Balaban J connectivity index is 1.66. The smallest absolute Gasteiger partial charge is 0.201 e. The molecule has 0 amide bonds. The number of rotatable bonds is 15. The van der Waals surface area contributed by atoms with Gasteiger partial charge in [-0.05, 0) is 113 Å². The van der Waals surface area contributed by atoms with Crippen LogP contribution in [0.1, 0.15) is 31.8 Å². The monoisotopic (exact) mass is 758 g/mol. The highest BCUT2D eigenvalue weighted by Gasteiger charge is 2.26. The quantitative estimate of drug-likeness (QED) is 0.0581. The van der Waals surface area contributed by atoms with Crippen molar-refractivity contribution < 1.29 is 38.0 Å². The highest BCUT2D eigenvalue weighted by Crippen LogP contribution is 2.40. The summed E-state index contributed by atoms with van der Waals surface area (Å²) in [6, 6.07) is 29.5. The van der Waals surface area contributed by atoms with Crippen LogP contribution in [0.5, 0.6) is 34.5 Å². The third-order valence-electron chi connectivity index (χ3n) is 8.80. The number of carbonyl (C=O) groups excluding carboxylic acids is 2. The predicted octanol–water partition coefficient (Wildman–Crippen LogP) is 10.4. The number of carbonyl (C=O) groups is 2. The van der Waals surface area contributed by atoms with Crippen LogP contribution in [0.25, 0.3) is 32.0 Å². The maximum atomic E-state index is 15.0. The Kier molecular flexibility index (Phi) is 12.0. The van der Waals surface area contributed by atoms with Gasteiger partial charge in [0.05, 0.1) is 42.7 Å². The molecule has 0 fully saturated rings. The number of allylic oxidation sites excluding steroid dienone is 4. The molecule has 0 spiro atoms.